The lowest BCUT2D eigenvalue weighted by atomic mass is 10.1. The van der Waals surface area contributed by atoms with Crippen molar-refractivity contribution in [3.05, 3.63) is 89.4 Å². The van der Waals surface area contributed by atoms with E-state index in [-0.39, 0.29) is 17.6 Å². The van der Waals surface area contributed by atoms with Gasteiger partial charge < -0.3 is 15.1 Å². The molecule has 0 saturated heterocycles. The lowest BCUT2D eigenvalue weighted by molar-refractivity contribution is -0.121. The Morgan fingerprint density at radius 3 is 2.48 bits per heavy atom. The topological polar surface area (TPSA) is 71.3 Å². The summed E-state index contributed by atoms with van der Waals surface area (Å²) in [6, 6.07) is 18.8. The summed E-state index contributed by atoms with van der Waals surface area (Å²) in [6.07, 6.45) is 2.64. The second kappa shape index (κ2) is 8.85. The summed E-state index contributed by atoms with van der Waals surface area (Å²) in [5, 5.41) is 5.68. The summed E-state index contributed by atoms with van der Waals surface area (Å²) >= 11 is 0. The number of hydrogen-bond donors (Lipinski definition) is 2. The number of rotatable bonds is 7. The fourth-order valence-corrected chi connectivity index (χ4v) is 2.72. The molecule has 0 bridgehead atoms. The fourth-order valence-electron chi connectivity index (χ4n) is 2.72. The molecule has 0 atom stereocenters. The van der Waals surface area contributed by atoms with Gasteiger partial charge in [-0.2, -0.15) is 0 Å². The number of amides is 2. The fraction of sp³-hybridized carbons (Fsp3) is 0.182. The van der Waals surface area contributed by atoms with Crippen LogP contribution in [0.4, 0.5) is 5.69 Å². The van der Waals surface area contributed by atoms with Gasteiger partial charge in [0.25, 0.3) is 5.91 Å². The highest BCUT2D eigenvalue weighted by Gasteiger charge is 2.08. The molecule has 3 aromatic rings. The third kappa shape index (κ3) is 5.57. The Balaban J connectivity index is 1.44. The molecule has 1 aromatic heterocycles. The van der Waals surface area contributed by atoms with E-state index in [4.69, 9.17) is 4.42 Å². The molecule has 0 unspecified atom stereocenters. The predicted octanol–water partition coefficient (Wildman–Crippen LogP) is 4.09. The second-order valence-corrected chi connectivity index (χ2v) is 6.39. The average molecular weight is 362 g/mol. The maximum absolute atomic E-state index is 12.0. The number of anilines is 1. The van der Waals surface area contributed by atoms with Crippen LogP contribution in [0.2, 0.25) is 0 Å². The lowest BCUT2D eigenvalue weighted by Crippen LogP contribution is -2.23. The van der Waals surface area contributed by atoms with Gasteiger partial charge in [0.15, 0.2) is 5.76 Å². The van der Waals surface area contributed by atoms with E-state index in [2.05, 4.69) is 16.7 Å². The van der Waals surface area contributed by atoms with E-state index >= 15 is 0 Å². The van der Waals surface area contributed by atoms with Crippen molar-refractivity contribution in [2.75, 3.05) is 5.32 Å². The van der Waals surface area contributed by atoms with Crippen molar-refractivity contribution in [2.45, 2.75) is 26.3 Å². The first kappa shape index (κ1) is 18.5. The highest BCUT2D eigenvalue weighted by atomic mass is 16.3. The minimum atomic E-state index is -0.294. The van der Waals surface area contributed by atoms with Gasteiger partial charge in [-0.1, -0.05) is 42.0 Å². The molecule has 138 valence electrons. The minimum absolute atomic E-state index is 0.0201. The number of carbonyl (C=O) groups excluding carboxylic acids is 2. The first-order valence-corrected chi connectivity index (χ1v) is 8.86. The van der Waals surface area contributed by atoms with E-state index < -0.39 is 0 Å². The quantitative estimate of drug-likeness (QED) is 0.665. The number of nitrogens with one attached hydrogen (secondary N) is 2. The van der Waals surface area contributed by atoms with Gasteiger partial charge in [-0.05, 0) is 48.7 Å². The van der Waals surface area contributed by atoms with Gasteiger partial charge in [-0.15, -0.1) is 0 Å². The van der Waals surface area contributed by atoms with Crippen molar-refractivity contribution in [3.8, 4) is 0 Å². The van der Waals surface area contributed by atoms with E-state index in [1.807, 2.05) is 37.3 Å². The van der Waals surface area contributed by atoms with E-state index in [1.165, 1.54) is 17.4 Å². The van der Waals surface area contributed by atoms with Gasteiger partial charge in [-0.25, -0.2) is 0 Å². The largest absolute Gasteiger partial charge is 0.459 e. The molecule has 0 aliphatic heterocycles. The van der Waals surface area contributed by atoms with Crippen molar-refractivity contribution in [1.29, 1.82) is 0 Å². The maximum Gasteiger partial charge on any atom is 0.291 e. The Kier molecular flexibility index (Phi) is 6.05. The molecule has 2 N–H and O–H groups in total. The average Bonchev–Trinajstić information content (AvgIpc) is 3.21. The van der Waals surface area contributed by atoms with Crippen LogP contribution >= 0.6 is 0 Å². The van der Waals surface area contributed by atoms with Crippen LogP contribution in [0.1, 0.15) is 33.7 Å². The monoisotopic (exact) mass is 362 g/mol. The van der Waals surface area contributed by atoms with Crippen LogP contribution in [0.15, 0.2) is 71.3 Å². The summed E-state index contributed by atoms with van der Waals surface area (Å²) in [5.74, 6) is -0.0103. The van der Waals surface area contributed by atoms with E-state index in [0.29, 0.717) is 18.7 Å². The zero-order chi connectivity index (χ0) is 19.1. The number of benzene rings is 2. The third-order valence-electron chi connectivity index (χ3n) is 4.17. The maximum atomic E-state index is 12.0. The first-order chi connectivity index (χ1) is 13.1. The molecule has 2 amide bonds. The Bertz CT molecular complexity index is 900. The van der Waals surface area contributed by atoms with Crippen LogP contribution in [-0.4, -0.2) is 11.8 Å². The molecule has 0 aliphatic rings. The molecular weight excluding hydrogens is 340 g/mol. The zero-order valence-corrected chi connectivity index (χ0v) is 15.2. The number of furan rings is 1. The van der Waals surface area contributed by atoms with Crippen molar-refractivity contribution in [3.63, 3.8) is 0 Å². The second-order valence-electron chi connectivity index (χ2n) is 6.39. The summed E-state index contributed by atoms with van der Waals surface area (Å²) in [4.78, 5) is 24.0. The van der Waals surface area contributed by atoms with Gasteiger partial charge in [0, 0.05) is 18.7 Å². The molecule has 5 heteroatoms. The van der Waals surface area contributed by atoms with Gasteiger partial charge in [0.1, 0.15) is 0 Å². The van der Waals surface area contributed by atoms with Crippen LogP contribution in [-0.2, 0) is 17.8 Å². The summed E-state index contributed by atoms with van der Waals surface area (Å²) in [5.41, 5.74) is 4.01. The molecule has 3 rings (SSSR count). The van der Waals surface area contributed by atoms with Gasteiger partial charge >= 0.3 is 0 Å². The molecule has 0 aliphatic carbocycles. The summed E-state index contributed by atoms with van der Waals surface area (Å²) < 4.78 is 5.06. The number of hydrogen-bond acceptors (Lipinski definition) is 3. The lowest BCUT2D eigenvalue weighted by Gasteiger charge is -2.08. The van der Waals surface area contributed by atoms with Crippen LogP contribution in [0.5, 0.6) is 0 Å². The molecular formula is C22H22N2O3. The Hall–Kier alpha value is -3.34. The molecule has 0 fully saturated rings. The standard InChI is InChI=1S/C22H22N2O3/c1-16-4-2-5-17(14-16)9-12-21(25)23-15-18-7-10-19(11-8-18)24-22(26)20-6-3-13-27-20/h2-8,10-11,13-14H,9,12,15H2,1H3,(H,23,25)(H,24,26). The normalized spacial score (nSPS) is 10.4. The predicted molar refractivity (Wildman–Crippen MR) is 104 cm³/mol. The summed E-state index contributed by atoms with van der Waals surface area (Å²) in [6.45, 7) is 2.50. The van der Waals surface area contributed by atoms with Crippen molar-refractivity contribution in [2.24, 2.45) is 0 Å². The highest BCUT2D eigenvalue weighted by molar-refractivity contribution is 6.02. The minimum Gasteiger partial charge on any atom is -0.459 e. The molecule has 2 aromatic carbocycles. The van der Waals surface area contributed by atoms with E-state index in [1.54, 1.807) is 24.3 Å². The number of aryl methyl sites for hydroxylation is 2. The zero-order valence-electron chi connectivity index (χ0n) is 15.2. The Labute approximate surface area is 158 Å². The molecule has 27 heavy (non-hydrogen) atoms. The van der Waals surface area contributed by atoms with Crippen molar-refractivity contribution < 1.29 is 14.0 Å². The molecule has 0 radical (unpaired) electrons. The SMILES string of the molecule is Cc1cccc(CCC(=O)NCc2ccc(NC(=O)c3ccco3)cc2)c1. The smallest absolute Gasteiger partial charge is 0.291 e. The highest BCUT2D eigenvalue weighted by Crippen LogP contribution is 2.12. The van der Waals surface area contributed by atoms with Gasteiger partial charge in [0.2, 0.25) is 5.91 Å². The first-order valence-electron chi connectivity index (χ1n) is 8.86. The van der Waals surface area contributed by atoms with Gasteiger partial charge in [0.05, 0.1) is 6.26 Å². The van der Waals surface area contributed by atoms with E-state index in [0.717, 1.165) is 12.0 Å². The van der Waals surface area contributed by atoms with Gasteiger partial charge in [-0.3, -0.25) is 9.59 Å². The number of carbonyl (C=O) groups is 2. The van der Waals surface area contributed by atoms with Crippen LogP contribution in [0.25, 0.3) is 0 Å². The van der Waals surface area contributed by atoms with Crippen LogP contribution < -0.4 is 10.6 Å². The molecule has 1 heterocycles. The van der Waals surface area contributed by atoms with E-state index in [9.17, 15) is 9.59 Å². The third-order valence-corrected chi connectivity index (χ3v) is 4.17. The van der Waals surface area contributed by atoms with Crippen LogP contribution in [0, 0.1) is 6.92 Å². The van der Waals surface area contributed by atoms with Crippen molar-refractivity contribution in [1.82, 2.24) is 5.32 Å². The Morgan fingerprint density at radius 1 is 0.963 bits per heavy atom. The Morgan fingerprint density at radius 2 is 1.78 bits per heavy atom. The van der Waals surface area contributed by atoms with Crippen molar-refractivity contribution >= 4 is 17.5 Å². The molecule has 0 saturated carbocycles. The summed E-state index contributed by atoms with van der Waals surface area (Å²) in [7, 11) is 0. The molecule has 0 spiro atoms. The van der Waals surface area contributed by atoms with Crippen LogP contribution in [0.3, 0.4) is 0 Å². The molecule has 5 nitrogen and oxygen atoms in total.